The quantitative estimate of drug-likeness (QED) is 0.392. The van der Waals surface area contributed by atoms with Crippen molar-refractivity contribution in [2.75, 3.05) is 26.7 Å². The van der Waals surface area contributed by atoms with Gasteiger partial charge in [-0.3, -0.25) is 14.9 Å². The molecule has 1 saturated carbocycles. The fourth-order valence-electron chi connectivity index (χ4n) is 4.33. The maximum atomic E-state index is 4.41. The highest BCUT2D eigenvalue weighted by molar-refractivity contribution is 14.0. The molecule has 26 heavy (non-hydrogen) atoms. The van der Waals surface area contributed by atoms with Crippen LogP contribution in [-0.2, 0) is 6.54 Å². The average Bonchev–Trinajstić information content (AvgIpc) is 2.70. The van der Waals surface area contributed by atoms with Gasteiger partial charge in [0.05, 0.1) is 12.2 Å². The van der Waals surface area contributed by atoms with E-state index in [0.717, 1.165) is 18.2 Å². The fourth-order valence-corrected chi connectivity index (χ4v) is 4.33. The Bertz CT molecular complexity index is 536. The Morgan fingerprint density at radius 1 is 1.08 bits per heavy atom. The molecule has 0 bridgehead atoms. The Balaban J connectivity index is 0.00000243. The number of guanidine groups is 1. The molecule has 2 heterocycles. The van der Waals surface area contributed by atoms with E-state index >= 15 is 0 Å². The number of aromatic nitrogens is 1. The van der Waals surface area contributed by atoms with E-state index in [1.54, 1.807) is 0 Å². The van der Waals surface area contributed by atoms with Crippen LogP contribution in [0.5, 0.6) is 0 Å². The second-order valence-electron chi connectivity index (χ2n) is 7.43. The number of likely N-dealkylation sites (tertiary alicyclic amines) is 1. The van der Waals surface area contributed by atoms with Crippen molar-refractivity contribution in [3.8, 4) is 0 Å². The van der Waals surface area contributed by atoms with Gasteiger partial charge in [-0.05, 0) is 50.9 Å². The summed E-state index contributed by atoms with van der Waals surface area (Å²) in [4.78, 5) is 11.6. The molecule has 0 aromatic carbocycles. The molecule has 2 aliphatic rings. The van der Waals surface area contributed by atoms with Crippen molar-refractivity contribution in [1.82, 2.24) is 20.5 Å². The number of hydrogen-bond donors (Lipinski definition) is 2. The molecule has 1 aromatic heterocycles. The molecular weight excluding hydrogens is 437 g/mol. The van der Waals surface area contributed by atoms with E-state index in [9.17, 15) is 0 Å². The van der Waals surface area contributed by atoms with Gasteiger partial charge in [-0.2, -0.15) is 0 Å². The molecule has 1 aromatic rings. The Morgan fingerprint density at radius 3 is 2.46 bits per heavy atom. The van der Waals surface area contributed by atoms with Gasteiger partial charge in [-0.15, -0.1) is 24.0 Å². The summed E-state index contributed by atoms with van der Waals surface area (Å²) in [5.74, 6) is 0.882. The predicted octanol–water partition coefficient (Wildman–Crippen LogP) is 3.55. The number of aliphatic imine (C=N–C) groups is 1. The number of nitrogens with one attached hydrogen (secondary N) is 2. The molecule has 146 valence electrons. The minimum Gasteiger partial charge on any atom is -0.355 e. The maximum absolute atomic E-state index is 4.41. The number of rotatable bonds is 5. The van der Waals surface area contributed by atoms with Crippen LogP contribution >= 0.6 is 24.0 Å². The standard InChI is InChI=1S/C20H33N5.HI/c1-21-19(23-16-18-10-4-7-13-22-18)24-17-20(11-5-2-6-12-20)25-14-8-3-9-15-25;/h4,7,10,13H,2-3,5-6,8-9,11-12,14-17H2,1H3,(H2,21,23,24);1H. The van der Waals surface area contributed by atoms with Gasteiger partial charge in [-0.25, -0.2) is 0 Å². The summed E-state index contributed by atoms with van der Waals surface area (Å²) < 4.78 is 0. The van der Waals surface area contributed by atoms with Crippen LogP contribution in [0.4, 0.5) is 0 Å². The lowest BCUT2D eigenvalue weighted by Crippen LogP contribution is -2.59. The molecule has 6 heteroatoms. The summed E-state index contributed by atoms with van der Waals surface area (Å²) >= 11 is 0. The first kappa shape index (κ1) is 21.4. The number of halogens is 1. The molecule has 1 aliphatic carbocycles. The highest BCUT2D eigenvalue weighted by Gasteiger charge is 2.38. The van der Waals surface area contributed by atoms with Gasteiger partial charge in [-0.1, -0.05) is 31.7 Å². The smallest absolute Gasteiger partial charge is 0.191 e. The van der Waals surface area contributed by atoms with Crippen molar-refractivity contribution in [3.63, 3.8) is 0 Å². The lowest BCUT2D eigenvalue weighted by atomic mass is 9.79. The molecule has 0 radical (unpaired) electrons. The molecule has 1 saturated heterocycles. The van der Waals surface area contributed by atoms with Crippen molar-refractivity contribution in [3.05, 3.63) is 30.1 Å². The van der Waals surface area contributed by atoms with Crippen molar-refractivity contribution >= 4 is 29.9 Å². The number of piperidine rings is 1. The van der Waals surface area contributed by atoms with Crippen molar-refractivity contribution in [2.45, 2.75) is 63.5 Å². The van der Waals surface area contributed by atoms with Crippen LogP contribution in [0.2, 0.25) is 0 Å². The predicted molar refractivity (Wildman–Crippen MR) is 119 cm³/mol. The lowest BCUT2D eigenvalue weighted by molar-refractivity contribution is 0.0368. The Labute approximate surface area is 175 Å². The number of hydrogen-bond acceptors (Lipinski definition) is 3. The SMILES string of the molecule is CN=C(NCc1ccccn1)NCC1(N2CCCCC2)CCCCC1.I. The van der Waals surface area contributed by atoms with Gasteiger partial charge in [0.1, 0.15) is 0 Å². The van der Waals surface area contributed by atoms with Gasteiger partial charge in [0.25, 0.3) is 0 Å². The van der Waals surface area contributed by atoms with Crippen molar-refractivity contribution in [1.29, 1.82) is 0 Å². The van der Waals surface area contributed by atoms with Crippen LogP contribution in [0.3, 0.4) is 0 Å². The Kier molecular flexibility index (Phi) is 9.11. The zero-order valence-electron chi connectivity index (χ0n) is 16.0. The lowest BCUT2D eigenvalue weighted by Gasteiger charge is -2.48. The largest absolute Gasteiger partial charge is 0.355 e. The minimum atomic E-state index is 0. The van der Waals surface area contributed by atoms with Gasteiger partial charge < -0.3 is 10.6 Å². The Morgan fingerprint density at radius 2 is 1.81 bits per heavy atom. The molecule has 1 aliphatic heterocycles. The number of pyridine rings is 1. The highest BCUT2D eigenvalue weighted by Crippen LogP contribution is 2.35. The zero-order chi connectivity index (χ0) is 17.4. The monoisotopic (exact) mass is 471 g/mol. The fraction of sp³-hybridized carbons (Fsp3) is 0.700. The summed E-state index contributed by atoms with van der Waals surface area (Å²) in [6, 6.07) is 6.01. The third-order valence-electron chi connectivity index (χ3n) is 5.78. The molecule has 0 unspecified atom stereocenters. The van der Waals surface area contributed by atoms with Gasteiger partial charge in [0, 0.05) is 25.3 Å². The van der Waals surface area contributed by atoms with E-state index in [-0.39, 0.29) is 24.0 Å². The van der Waals surface area contributed by atoms with Crippen LogP contribution in [0.25, 0.3) is 0 Å². The first-order valence-corrected chi connectivity index (χ1v) is 9.92. The van der Waals surface area contributed by atoms with E-state index in [1.165, 1.54) is 64.5 Å². The summed E-state index contributed by atoms with van der Waals surface area (Å²) in [7, 11) is 1.85. The first-order chi connectivity index (χ1) is 12.3. The minimum absolute atomic E-state index is 0. The third kappa shape index (κ3) is 5.81. The van der Waals surface area contributed by atoms with Crippen LogP contribution < -0.4 is 10.6 Å². The summed E-state index contributed by atoms with van der Waals surface area (Å²) in [6.45, 7) is 4.23. The van der Waals surface area contributed by atoms with E-state index < -0.39 is 0 Å². The second kappa shape index (κ2) is 11.1. The van der Waals surface area contributed by atoms with Gasteiger partial charge in [0.2, 0.25) is 0 Å². The molecule has 2 N–H and O–H groups in total. The highest BCUT2D eigenvalue weighted by atomic mass is 127. The molecule has 3 rings (SSSR count). The summed E-state index contributed by atoms with van der Waals surface area (Å²) in [6.07, 6.45) is 12.7. The first-order valence-electron chi connectivity index (χ1n) is 9.92. The van der Waals surface area contributed by atoms with Crippen LogP contribution in [0.1, 0.15) is 57.1 Å². The summed E-state index contributed by atoms with van der Waals surface area (Å²) in [5.41, 5.74) is 1.36. The summed E-state index contributed by atoms with van der Waals surface area (Å²) in [5, 5.41) is 7.02. The van der Waals surface area contributed by atoms with Crippen molar-refractivity contribution in [2.24, 2.45) is 4.99 Å². The number of nitrogens with zero attached hydrogens (tertiary/aromatic N) is 3. The van der Waals surface area contributed by atoms with E-state index in [2.05, 4.69) is 25.5 Å². The molecule has 2 fully saturated rings. The third-order valence-corrected chi connectivity index (χ3v) is 5.78. The molecule has 5 nitrogen and oxygen atoms in total. The molecule has 0 spiro atoms. The van der Waals surface area contributed by atoms with Crippen LogP contribution in [0, 0.1) is 0 Å². The molecule has 0 atom stereocenters. The topological polar surface area (TPSA) is 52.6 Å². The molecule has 0 amide bonds. The van der Waals surface area contributed by atoms with E-state index in [0.29, 0.717) is 12.1 Å². The average molecular weight is 471 g/mol. The van der Waals surface area contributed by atoms with Crippen LogP contribution in [0.15, 0.2) is 29.4 Å². The van der Waals surface area contributed by atoms with Gasteiger partial charge in [0.15, 0.2) is 5.96 Å². The van der Waals surface area contributed by atoms with E-state index in [1.807, 2.05) is 31.4 Å². The zero-order valence-corrected chi connectivity index (χ0v) is 18.4. The van der Waals surface area contributed by atoms with E-state index in [4.69, 9.17) is 0 Å². The normalized spacial score (nSPS) is 20.9. The Hall–Kier alpha value is -0.890. The second-order valence-corrected chi connectivity index (χ2v) is 7.43. The maximum Gasteiger partial charge on any atom is 0.191 e. The van der Waals surface area contributed by atoms with Gasteiger partial charge >= 0.3 is 0 Å². The van der Waals surface area contributed by atoms with Crippen molar-refractivity contribution < 1.29 is 0 Å². The van der Waals surface area contributed by atoms with Crippen LogP contribution in [-0.4, -0.2) is 48.1 Å². The molecular formula is C20H34IN5.